The normalized spacial score (nSPS) is 20.1. The largest absolute Gasteiger partial charge is 0.339 e. The minimum Gasteiger partial charge on any atom is -0.339 e. The van der Waals surface area contributed by atoms with Gasteiger partial charge in [0, 0.05) is 25.5 Å². The Labute approximate surface area is 128 Å². The van der Waals surface area contributed by atoms with E-state index in [1.807, 2.05) is 17.0 Å². The van der Waals surface area contributed by atoms with Crippen molar-refractivity contribution in [2.45, 2.75) is 52.9 Å². The van der Waals surface area contributed by atoms with Crippen LogP contribution in [0.4, 0.5) is 0 Å². The number of hydrogen-bond donors (Lipinski definition) is 0. The van der Waals surface area contributed by atoms with Crippen LogP contribution < -0.4 is 0 Å². The molecule has 1 aliphatic rings. The first-order valence-electron chi connectivity index (χ1n) is 8.15. The van der Waals surface area contributed by atoms with Crippen LogP contribution in [0.1, 0.15) is 63.2 Å². The van der Waals surface area contributed by atoms with Gasteiger partial charge in [0.2, 0.25) is 0 Å². The Balaban J connectivity index is 1.87. The van der Waals surface area contributed by atoms with E-state index < -0.39 is 0 Å². The quantitative estimate of drug-likeness (QED) is 0.837. The van der Waals surface area contributed by atoms with Crippen molar-refractivity contribution in [2.24, 2.45) is 11.3 Å². The number of amides is 1. The molecule has 0 N–H and O–H groups in total. The first-order valence-corrected chi connectivity index (χ1v) is 8.15. The van der Waals surface area contributed by atoms with E-state index in [1.54, 1.807) is 12.4 Å². The summed E-state index contributed by atoms with van der Waals surface area (Å²) in [4.78, 5) is 18.5. The van der Waals surface area contributed by atoms with Gasteiger partial charge in [-0.1, -0.05) is 20.8 Å². The highest BCUT2D eigenvalue weighted by Crippen LogP contribution is 2.29. The standard InChI is InChI=1S/C18H28N2O/c1-18(2,3)10-8-15-6-5-12-20(13-9-15)17(21)16-7-4-11-19-14-16/h4,7,11,14-15H,5-6,8-10,12-13H2,1-3H3. The number of carbonyl (C=O) groups excluding carboxylic acids is 1. The number of likely N-dealkylation sites (tertiary alicyclic amines) is 1. The number of hydrogen-bond acceptors (Lipinski definition) is 2. The molecule has 3 nitrogen and oxygen atoms in total. The van der Waals surface area contributed by atoms with Gasteiger partial charge in [0.05, 0.1) is 5.56 Å². The fourth-order valence-electron chi connectivity index (χ4n) is 2.97. The molecule has 1 amide bonds. The average Bonchev–Trinajstić information content (AvgIpc) is 2.70. The van der Waals surface area contributed by atoms with Gasteiger partial charge in [-0.2, -0.15) is 0 Å². The summed E-state index contributed by atoms with van der Waals surface area (Å²) in [6, 6.07) is 3.69. The van der Waals surface area contributed by atoms with Crippen molar-refractivity contribution in [2.75, 3.05) is 13.1 Å². The van der Waals surface area contributed by atoms with Gasteiger partial charge in [0.15, 0.2) is 0 Å². The molecule has 0 saturated carbocycles. The Morgan fingerprint density at radius 2 is 2.14 bits per heavy atom. The second kappa shape index (κ2) is 7.06. The van der Waals surface area contributed by atoms with E-state index in [9.17, 15) is 4.79 Å². The SMILES string of the molecule is CC(C)(C)CCC1CCCN(C(=O)c2cccnc2)CC1. The third-order valence-electron chi connectivity index (χ3n) is 4.35. The van der Waals surface area contributed by atoms with Gasteiger partial charge in [0.1, 0.15) is 0 Å². The van der Waals surface area contributed by atoms with E-state index >= 15 is 0 Å². The van der Waals surface area contributed by atoms with Crippen LogP contribution in [0.25, 0.3) is 0 Å². The summed E-state index contributed by atoms with van der Waals surface area (Å²) in [5.74, 6) is 0.912. The molecular weight excluding hydrogens is 260 g/mol. The summed E-state index contributed by atoms with van der Waals surface area (Å²) in [5, 5.41) is 0. The van der Waals surface area contributed by atoms with E-state index in [1.165, 1.54) is 19.3 Å². The molecule has 0 spiro atoms. The van der Waals surface area contributed by atoms with E-state index in [0.29, 0.717) is 11.0 Å². The molecule has 1 fully saturated rings. The third-order valence-corrected chi connectivity index (χ3v) is 4.35. The number of nitrogens with zero attached hydrogens (tertiary/aromatic N) is 2. The summed E-state index contributed by atoms with van der Waals surface area (Å²) < 4.78 is 0. The topological polar surface area (TPSA) is 33.2 Å². The minimum absolute atomic E-state index is 0.138. The maximum atomic E-state index is 12.5. The molecule has 0 bridgehead atoms. The molecule has 1 saturated heterocycles. The minimum atomic E-state index is 0.138. The molecule has 3 heteroatoms. The van der Waals surface area contributed by atoms with Crippen LogP contribution in [0.5, 0.6) is 0 Å². The monoisotopic (exact) mass is 288 g/mol. The van der Waals surface area contributed by atoms with Gasteiger partial charge in [-0.05, 0) is 55.6 Å². The lowest BCUT2D eigenvalue weighted by Crippen LogP contribution is -2.32. The first kappa shape index (κ1) is 16.0. The van der Waals surface area contributed by atoms with Crippen LogP contribution >= 0.6 is 0 Å². The molecule has 1 atom stereocenters. The molecular formula is C18H28N2O. The van der Waals surface area contributed by atoms with Crippen LogP contribution in [0, 0.1) is 11.3 Å². The molecule has 1 aromatic rings. The fourth-order valence-corrected chi connectivity index (χ4v) is 2.97. The molecule has 1 unspecified atom stereocenters. The summed E-state index contributed by atoms with van der Waals surface area (Å²) >= 11 is 0. The summed E-state index contributed by atoms with van der Waals surface area (Å²) in [6.45, 7) is 8.70. The highest BCUT2D eigenvalue weighted by molar-refractivity contribution is 5.93. The summed E-state index contributed by atoms with van der Waals surface area (Å²) in [5.41, 5.74) is 1.13. The van der Waals surface area contributed by atoms with Gasteiger partial charge in [0.25, 0.3) is 5.91 Å². The number of pyridine rings is 1. The fraction of sp³-hybridized carbons (Fsp3) is 0.667. The maximum absolute atomic E-state index is 12.5. The van der Waals surface area contributed by atoms with Crippen LogP contribution in [0.15, 0.2) is 24.5 Å². The summed E-state index contributed by atoms with van der Waals surface area (Å²) in [7, 11) is 0. The van der Waals surface area contributed by atoms with E-state index in [-0.39, 0.29) is 5.91 Å². The van der Waals surface area contributed by atoms with Crippen LogP contribution in [0.3, 0.4) is 0 Å². The lowest BCUT2D eigenvalue weighted by molar-refractivity contribution is 0.0759. The lowest BCUT2D eigenvalue weighted by atomic mass is 9.84. The lowest BCUT2D eigenvalue weighted by Gasteiger charge is -2.23. The van der Waals surface area contributed by atoms with Crippen LogP contribution in [0.2, 0.25) is 0 Å². The van der Waals surface area contributed by atoms with Crippen molar-refractivity contribution < 1.29 is 4.79 Å². The van der Waals surface area contributed by atoms with Crippen LogP contribution in [-0.2, 0) is 0 Å². The van der Waals surface area contributed by atoms with Crippen molar-refractivity contribution in [1.29, 1.82) is 0 Å². The molecule has 2 rings (SSSR count). The molecule has 0 radical (unpaired) electrons. The van der Waals surface area contributed by atoms with Crippen molar-refractivity contribution in [3.8, 4) is 0 Å². The smallest absolute Gasteiger partial charge is 0.255 e. The first-order chi connectivity index (χ1) is 9.96. The highest BCUT2D eigenvalue weighted by atomic mass is 16.2. The second-order valence-corrected chi connectivity index (χ2v) is 7.43. The Morgan fingerprint density at radius 1 is 1.33 bits per heavy atom. The van der Waals surface area contributed by atoms with E-state index in [0.717, 1.165) is 31.8 Å². The number of carbonyl (C=O) groups is 1. The molecule has 1 aromatic heterocycles. The Bertz CT molecular complexity index is 450. The predicted octanol–water partition coefficient (Wildman–Crippen LogP) is 4.15. The van der Waals surface area contributed by atoms with Gasteiger partial charge in [-0.25, -0.2) is 0 Å². The average molecular weight is 288 g/mol. The maximum Gasteiger partial charge on any atom is 0.255 e. The number of aromatic nitrogens is 1. The van der Waals surface area contributed by atoms with Crippen molar-refractivity contribution in [3.63, 3.8) is 0 Å². The Morgan fingerprint density at radius 3 is 2.81 bits per heavy atom. The van der Waals surface area contributed by atoms with E-state index in [2.05, 4.69) is 25.8 Å². The molecule has 0 aromatic carbocycles. The Hall–Kier alpha value is -1.38. The van der Waals surface area contributed by atoms with Gasteiger partial charge in [-0.15, -0.1) is 0 Å². The molecule has 0 aliphatic carbocycles. The van der Waals surface area contributed by atoms with Gasteiger partial charge >= 0.3 is 0 Å². The molecule has 1 aliphatic heterocycles. The second-order valence-electron chi connectivity index (χ2n) is 7.43. The zero-order valence-corrected chi connectivity index (χ0v) is 13.6. The van der Waals surface area contributed by atoms with Crippen LogP contribution in [-0.4, -0.2) is 28.9 Å². The van der Waals surface area contributed by atoms with Crippen molar-refractivity contribution in [1.82, 2.24) is 9.88 Å². The molecule has 21 heavy (non-hydrogen) atoms. The van der Waals surface area contributed by atoms with Gasteiger partial charge < -0.3 is 4.90 Å². The predicted molar refractivity (Wildman–Crippen MR) is 86.2 cm³/mol. The molecule has 2 heterocycles. The zero-order chi connectivity index (χ0) is 15.3. The number of rotatable bonds is 3. The Kier molecular flexibility index (Phi) is 5.38. The zero-order valence-electron chi connectivity index (χ0n) is 13.6. The van der Waals surface area contributed by atoms with Crippen molar-refractivity contribution in [3.05, 3.63) is 30.1 Å². The summed E-state index contributed by atoms with van der Waals surface area (Å²) in [6.07, 6.45) is 9.47. The van der Waals surface area contributed by atoms with E-state index in [4.69, 9.17) is 0 Å². The highest BCUT2D eigenvalue weighted by Gasteiger charge is 2.22. The van der Waals surface area contributed by atoms with Crippen molar-refractivity contribution >= 4 is 5.91 Å². The van der Waals surface area contributed by atoms with Gasteiger partial charge in [-0.3, -0.25) is 9.78 Å². The molecule has 116 valence electrons. The third kappa shape index (κ3) is 5.14.